The molecule has 0 aliphatic carbocycles. The predicted octanol–water partition coefficient (Wildman–Crippen LogP) is 3.19. The van der Waals surface area contributed by atoms with E-state index >= 15 is 0 Å². The molecule has 3 heterocycles. The van der Waals surface area contributed by atoms with Gasteiger partial charge in [0.15, 0.2) is 5.65 Å². The number of methoxy groups -OCH3 is 1. The minimum atomic E-state index is -0.227. The van der Waals surface area contributed by atoms with Gasteiger partial charge in [-0.05, 0) is 40.2 Å². The van der Waals surface area contributed by atoms with Crippen LogP contribution in [0.25, 0.3) is 11.2 Å². The lowest BCUT2D eigenvalue weighted by atomic mass is 10.1. The SMILES string of the molecule is COc1ccc(F)cc1CN1CCN(Cc2nc3ncc(Br)cc3[nH]2)CC1. The molecule has 1 aliphatic heterocycles. The molecule has 0 amide bonds. The number of fused-ring (bicyclic) bond motifs is 1. The third-order valence-electron chi connectivity index (χ3n) is 4.83. The molecule has 8 heteroatoms. The zero-order chi connectivity index (χ0) is 18.8. The maximum absolute atomic E-state index is 13.6. The average Bonchev–Trinajstić information content (AvgIpc) is 3.05. The molecule has 1 N–H and O–H groups in total. The first-order valence-electron chi connectivity index (χ1n) is 8.88. The summed E-state index contributed by atoms with van der Waals surface area (Å²) >= 11 is 3.43. The van der Waals surface area contributed by atoms with Gasteiger partial charge < -0.3 is 9.72 Å². The molecule has 0 atom stereocenters. The lowest BCUT2D eigenvalue weighted by Gasteiger charge is -2.34. The summed E-state index contributed by atoms with van der Waals surface area (Å²) in [6, 6.07) is 6.67. The number of piperazine rings is 1. The van der Waals surface area contributed by atoms with Crippen molar-refractivity contribution < 1.29 is 9.13 Å². The highest BCUT2D eigenvalue weighted by Gasteiger charge is 2.19. The molecule has 0 radical (unpaired) electrons. The highest BCUT2D eigenvalue weighted by molar-refractivity contribution is 9.10. The lowest BCUT2D eigenvalue weighted by Crippen LogP contribution is -2.45. The van der Waals surface area contributed by atoms with Crippen LogP contribution in [0.2, 0.25) is 0 Å². The van der Waals surface area contributed by atoms with Crippen LogP contribution < -0.4 is 4.74 Å². The number of halogens is 2. The molecule has 1 fully saturated rings. The van der Waals surface area contributed by atoms with E-state index in [1.54, 1.807) is 25.4 Å². The predicted molar refractivity (Wildman–Crippen MR) is 105 cm³/mol. The van der Waals surface area contributed by atoms with Gasteiger partial charge in [0.25, 0.3) is 0 Å². The zero-order valence-electron chi connectivity index (χ0n) is 15.1. The van der Waals surface area contributed by atoms with Crippen molar-refractivity contribution in [1.29, 1.82) is 0 Å². The molecule has 142 valence electrons. The lowest BCUT2D eigenvalue weighted by molar-refractivity contribution is 0.119. The van der Waals surface area contributed by atoms with Crippen molar-refractivity contribution in [3.8, 4) is 5.75 Å². The van der Waals surface area contributed by atoms with Gasteiger partial charge in [-0.1, -0.05) is 0 Å². The van der Waals surface area contributed by atoms with Gasteiger partial charge >= 0.3 is 0 Å². The minimum Gasteiger partial charge on any atom is -0.496 e. The normalized spacial score (nSPS) is 16.1. The van der Waals surface area contributed by atoms with Crippen molar-refractivity contribution >= 4 is 27.1 Å². The molecule has 0 bridgehead atoms. The van der Waals surface area contributed by atoms with Crippen LogP contribution in [0.1, 0.15) is 11.4 Å². The van der Waals surface area contributed by atoms with Crippen molar-refractivity contribution in [2.75, 3.05) is 33.3 Å². The summed E-state index contributed by atoms with van der Waals surface area (Å²) in [5.74, 6) is 1.44. The Labute approximate surface area is 165 Å². The van der Waals surface area contributed by atoms with Gasteiger partial charge in [-0.2, -0.15) is 0 Å². The van der Waals surface area contributed by atoms with Crippen LogP contribution in [0.5, 0.6) is 5.75 Å². The second kappa shape index (κ2) is 7.92. The summed E-state index contributed by atoms with van der Waals surface area (Å²) < 4.78 is 19.8. The maximum atomic E-state index is 13.6. The molecular weight excluding hydrogens is 413 g/mol. The van der Waals surface area contributed by atoms with Gasteiger partial charge in [0.2, 0.25) is 0 Å². The topological polar surface area (TPSA) is 57.3 Å². The number of hydrogen-bond acceptors (Lipinski definition) is 5. The van der Waals surface area contributed by atoms with Gasteiger partial charge in [0.05, 0.1) is 19.2 Å². The Morgan fingerprint density at radius 2 is 1.89 bits per heavy atom. The summed E-state index contributed by atoms with van der Waals surface area (Å²) in [4.78, 5) is 16.9. The molecule has 0 saturated carbocycles. The Kier molecular flexibility index (Phi) is 5.38. The largest absolute Gasteiger partial charge is 0.496 e. The number of aromatic nitrogens is 3. The van der Waals surface area contributed by atoms with Crippen molar-refractivity contribution in [2.45, 2.75) is 13.1 Å². The fourth-order valence-electron chi connectivity index (χ4n) is 3.43. The Morgan fingerprint density at radius 3 is 2.63 bits per heavy atom. The van der Waals surface area contributed by atoms with E-state index in [2.05, 4.69) is 40.7 Å². The molecule has 2 aromatic heterocycles. The van der Waals surface area contributed by atoms with Crippen LogP contribution in [0, 0.1) is 5.82 Å². The van der Waals surface area contributed by atoms with Crippen molar-refractivity contribution in [3.63, 3.8) is 0 Å². The van der Waals surface area contributed by atoms with Gasteiger partial charge in [0.1, 0.15) is 17.4 Å². The first-order chi connectivity index (χ1) is 13.1. The number of imidazole rings is 1. The van der Waals surface area contributed by atoms with Crippen LogP contribution in [0.15, 0.2) is 34.9 Å². The van der Waals surface area contributed by atoms with Crippen LogP contribution in [0.4, 0.5) is 4.39 Å². The van der Waals surface area contributed by atoms with E-state index < -0.39 is 0 Å². The maximum Gasteiger partial charge on any atom is 0.177 e. The highest BCUT2D eigenvalue weighted by atomic mass is 79.9. The van der Waals surface area contributed by atoms with Crippen molar-refractivity contribution in [2.24, 2.45) is 0 Å². The van der Waals surface area contributed by atoms with E-state index in [1.807, 2.05) is 6.07 Å². The smallest absolute Gasteiger partial charge is 0.177 e. The molecule has 6 nitrogen and oxygen atoms in total. The Balaban J connectivity index is 1.35. The molecule has 0 spiro atoms. The number of hydrogen-bond donors (Lipinski definition) is 1. The molecule has 4 rings (SSSR count). The molecule has 27 heavy (non-hydrogen) atoms. The van der Waals surface area contributed by atoms with Crippen LogP contribution in [-0.2, 0) is 13.1 Å². The average molecular weight is 434 g/mol. The zero-order valence-corrected chi connectivity index (χ0v) is 16.7. The summed E-state index contributed by atoms with van der Waals surface area (Å²) in [6.07, 6.45) is 1.76. The summed E-state index contributed by atoms with van der Waals surface area (Å²) in [5, 5.41) is 0. The molecule has 3 aromatic rings. The number of benzene rings is 1. The Morgan fingerprint density at radius 1 is 1.15 bits per heavy atom. The van der Waals surface area contributed by atoms with E-state index in [1.165, 1.54) is 6.07 Å². The molecule has 1 aliphatic rings. The number of nitrogens with zero attached hydrogens (tertiary/aromatic N) is 4. The van der Waals surface area contributed by atoms with E-state index in [4.69, 9.17) is 4.74 Å². The minimum absolute atomic E-state index is 0.227. The first-order valence-corrected chi connectivity index (χ1v) is 9.67. The summed E-state index contributed by atoms with van der Waals surface area (Å²) in [7, 11) is 1.62. The van der Waals surface area contributed by atoms with Crippen LogP contribution in [0.3, 0.4) is 0 Å². The summed E-state index contributed by atoms with van der Waals surface area (Å²) in [6.45, 7) is 5.17. The number of pyridine rings is 1. The van der Waals surface area contributed by atoms with Crippen molar-refractivity contribution in [3.05, 3.63) is 52.1 Å². The Hall–Kier alpha value is -2.03. The first kappa shape index (κ1) is 18.3. The number of ether oxygens (including phenoxy) is 1. The second-order valence-electron chi connectivity index (χ2n) is 6.72. The highest BCUT2D eigenvalue weighted by Crippen LogP contribution is 2.22. The monoisotopic (exact) mass is 433 g/mol. The van der Waals surface area contributed by atoms with Gasteiger partial charge in [0, 0.05) is 49.0 Å². The van der Waals surface area contributed by atoms with Crippen molar-refractivity contribution in [1.82, 2.24) is 24.8 Å². The van der Waals surface area contributed by atoms with E-state index in [9.17, 15) is 4.39 Å². The number of nitrogens with one attached hydrogen (secondary N) is 1. The van der Waals surface area contributed by atoms with Crippen LogP contribution in [-0.4, -0.2) is 58.0 Å². The third kappa shape index (κ3) is 4.28. The summed E-state index contributed by atoms with van der Waals surface area (Å²) in [5.41, 5.74) is 2.57. The van der Waals surface area contributed by atoms with E-state index in [0.717, 1.165) is 65.5 Å². The Bertz CT molecular complexity index is 939. The second-order valence-corrected chi connectivity index (χ2v) is 7.63. The molecule has 0 unspecified atom stereocenters. The standard InChI is InChI=1S/C19H21BrFN5O/c1-27-17-3-2-15(21)8-13(17)11-25-4-6-26(7-5-25)12-18-23-16-9-14(20)10-22-19(16)24-18/h2-3,8-10H,4-7,11-12H2,1H3,(H,22,23,24). The fraction of sp³-hybridized carbons (Fsp3) is 0.368. The number of rotatable bonds is 5. The van der Waals surface area contributed by atoms with E-state index in [-0.39, 0.29) is 5.82 Å². The van der Waals surface area contributed by atoms with Gasteiger partial charge in [-0.3, -0.25) is 9.80 Å². The van der Waals surface area contributed by atoms with Gasteiger partial charge in [-0.25, -0.2) is 14.4 Å². The molecule has 1 saturated heterocycles. The van der Waals surface area contributed by atoms with E-state index in [0.29, 0.717) is 6.54 Å². The number of H-pyrrole nitrogens is 1. The molecule has 1 aromatic carbocycles. The third-order valence-corrected chi connectivity index (χ3v) is 5.26. The quantitative estimate of drug-likeness (QED) is 0.669. The molecular formula is C19H21BrFN5O. The van der Waals surface area contributed by atoms with Crippen LogP contribution >= 0.6 is 15.9 Å². The van der Waals surface area contributed by atoms with Gasteiger partial charge in [-0.15, -0.1) is 0 Å². The fourth-order valence-corrected chi connectivity index (χ4v) is 3.76. The number of aromatic amines is 1.